The number of nitrogens with one attached hydrogen (secondary N) is 1. The summed E-state index contributed by atoms with van der Waals surface area (Å²) in [6.07, 6.45) is 1.78. The number of methoxy groups -OCH3 is 1. The lowest BCUT2D eigenvalue weighted by Gasteiger charge is -2.19. The second kappa shape index (κ2) is 7.64. The van der Waals surface area contributed by atoms with E-state index in [1.165, 1.54) is 30.5 Å². The van der Waals surface area contributed by atoms with Crippen molar-refractivity contribution in [1.29, 1.82) is 0 Å². The molecule has 25 heavy (non-hydrogen) atoms. The molecule has 0 aromatic heterocycles. The van der Waals surface area contributed by atoms with E-state index in [9.17, 15) is 8.42 Å². The summed E-state index contributed by atoms with van der Waals surface area (Å²) in [7, 11) is -2.08. The predicted octanol–water partition coefficient (Wildman–Crippen LogP) is 3.08. The van der Waals surface area contributed by atoms with Gasteiger partial charge >= 0.3 is 0 Å². The van der Waals surface area contributed by atoms with Gasteiger partial charge in [-0.25, -0.2) is 13.1 Å². The van der Waals surface area contributed by atoms with Crippen LogP contribution in [0, 0.1) is 0 Å². The minimum Gasteiger partial charge on any atom is -0.495 e. The van der Waals surface area contributed by atoms with Crippen molar-refractivity contribution in [1.82, 2.24) is 4.72 Å². The molecule has 1 aliphatic heterocycles. The van der Waals surface area contributed by atoms with Crippen LogP contribution in [0.1, 0.15) is 12.0 Å². The van der Waals surface area contributed by atoms with Crippen molar-refractivity contribution >= 4 is 27.3 Å². The van der Waals surface area contributed by atoms with Crippen molar-refractivity contribution in [3.63, 3.8) is 0 Å². The average Bonchev–Trinajstić information content (AvgIpc) is 3.02. The van der Waals surface area contributed by atoms with Gasteiger partial charge in [-0.05, 0) is 42.7 Å². The van der Waals surface area contributed by atoms with Gasteiger partial charge in [0.15, 0.2) is 0 Å². The van der Waals surface area contributed by atoms with Crippen LogP contribution in [-0.2, 0) is 16.4 Å². The number of fused-ring (bicyclic) bond motifs is 1. The number of ether oxygens (including phenoxy) is 1. The van der Waals surface area contributed by atoms with Gasteiger partial charge in [-0.2, -0.15) is 0 Å². The molecular formula is C18H21ClN2O3S. The Morgan fingerprint density at radius 3 is 2.80 bits per heavy atom. The average molecular weight is 381 g/mol. The van der Waals surface area contributed by atoms with E-state index < -0.39 is 10.0 Å². The third kappa shape index (κ3) is 4.08. The van der Waals surface area contributed by atoms with Gasteiger partial charge in [0.1, 0.15) is 5.75 Å². The minimum absolute atomic E-state index is 0.143. The van der Waals surface area contributed by atoms with E-state index in [1.807, 2.05) is 6.07 Å². The molecule has 0 spiro atoms. The van der Waals surface area contributed by atoms with Crippen LogP contribution in [0.25, 0.3) is 0 Å². The summed E-state index contributed by atoms with van der Waals surface area (Å²) in [5.41, 5.74) is 2.61. The van der Waals surface area contributed by atoms with E-state index in [2.05, 4.69) is 27.8 Å². The summed E-state index contributed by atoms with van der Waals surface area (Å²) in [4.78, 5) is 2.44. The van der Waals surface area contributed by atoms with Crippen LogP contribution in [0.15, 0.2) is 47.4 Å². The first-order valence-electron chi connectivity index (χ1n) is 8.17. The summed E-state index contributed by atoms with van der Waals surface area (Å²) in [6.45, 7) is 2.19. The van der Waals surface area contributed by atoms with Crippen LogP contribution >= 0.6 is 11.6 Å². The molecule has 0 atom stereocenters. The lowest BCUT2D eigenvalue weighted by atomic mass is 10.2. The van der Waals surface area contributed by atoms with E-state index in [-0.39, 0.29) is 9.92 Å². The van der Waals surface area contributed by atoms with E-state index in [1.54, 1.807) is 6.07 Å². The summed E-state index contributed by atoms with van der Waals surface area (Å²) < 4.78 is 32.4. The fourth-order valence-corrected chi connectivity index (χ4v) is 4.44. The molecule has 0 radical (unpaired) electrons. The van der Waals surface area contributed by atoms with Gasteiger partial charge in [-0.3, -0.25) is 0 Å². The highest BCUT2D eigenvalue weighted by molar-refractivity contribution is 7.89. The number of sulfonamides is 1. The molecule has 1 N–H and O–H groups in total. The number of nitrogens with zero attached hydrogens (tertiary/aromatic N) is 1. The second-order valence-corrected chi connectivity index (χ2v) is 8.09. The van der Waals surface area contributed by atoms with Crippen LogP contribution in [0.4, 0.5) is 5.69 Å². The fraction of sp³-hybridized carbons (Fsp3) is 0.333. The molecule has 2 aromatic rings. The number of halogens is 1. The van der Waals surface area contributed by atoms with Gasteiger partial charge < -0.3 is 9.64 Å². The third-order valence-corrected chi connectivity index (χ3v) is 6.07. The smallest absolute Gasteiger partial charge is 0.240 e. The minimum atomic E-state index is -3.57. The second-order valence-electron chi connectivity index (χ2n) is 5.91. The van der Waals surface area contributed by atoms with Crippen molar-refractivity contribution in [3.8, 4) is 5.75 Å². The molecule has 7 heteroatoms. The Balaban J connectivity index is 1.54. The standard InChI is InChI=1S/C18H21ClN2O3S/c1-24-18-8-7-15(13-16(18)19)25(22,23)20-10-4-11-21-12-9-14-5-2-3-6-17(14)21/h2-3,5-8,13,20H,4,9-12H2,1H3. The Labute approximate surface area is 153 Å². The Hall–Kier alpha value is -1.76. The van der Waals surface area contributed by atoms with Gasteiger partial charge in [-0.1, -0.05) is 29.8 Å². The van der Waals surface area contributed by atoms with Gasteiger partial charge in [0.2, 0.25) is 10.0 Å². The van der Waals surface area contributed by atoms with Crippen molar-refractivity contribution < 1.29 is 13.2 Å². The van der Waals surface area contributed by atoms with E-state index >= 15 is 0 Å². The molecule has 1 heterocycles. The summed E-state index contributed by atoms with van der Waals surface area (Å²) in [6, 6.07) is 12.8. The Bertz CT molecular complexity index is 855. The third-order valence-electron chi connectivity index (χ3n) is 4.31. The number of benzene rings is 2. The van der Waals surface area contributed by atoms with Crippen LogP contribution in [0.5, 0.6) is 5.75 Å². The topological polar surface area (TPSA) is 58.6 Å². The quantitative estimate of drug-likeness (QED) is 0.750. The summed E-state index contributed by atoms with van der Waals surface area (Å²) in [5, 5.41) is 0.277. The highest BCUT2D eigenvalue weighted by atomic mass is 35.5. The van der Waals surface area contributed by atoms with Gasteiger partial charge in [0.05, 0.1) is 17.0 Å². The molecule has 0 amide bonds. The first kappa shape index (κ1) is 18.0. The fourth-order valence-electron chi connectivity index (χ4n) is 3.01. The van der Waals surface area contributed by atoms with E-state index in [0.29, 0.717) is 12.3 Å². The maximum Gasteiger partial charge on any atom is 0.240 e. The number of rotatable bonds is 7. The number of hydrogen-bond acceptors (Lipinski definition) is 4. The molecule has 0 fully saturated rings. The van der Waals surface area contributed by atoms with Crippen molar-refractivity contribution in [2.24, 2.45) is 0 Å². The summed E-state index contributed by atoms with van der Waals surface area (Å²) in [5.74, 6) is 0.452. The molecule has 1 aliphatic rings. The van der Waals surface area contributed by atoms with Crippen LogP contribution in [0.2, 0.25) is 5.02 Å². The van der Waals surface area contributed by atoms with Gasteiger partial charge in [0.25, 0.3) is 0 Å². The zero-order chi connectivity index (χ0) is 17.9. The molecule has 2 aromatic carbocycles. The first-order chi connectivity index (χ1) is 12.0. The van der Waals surface area contributed by atoms with Crippen LogP contribution < -0.4 is 14.4 Å². The zero-order valence-electron chi connectivity index (χ0n) is 14.0. The molecular weight excluding hydrogens is 360 g/mol. The molecule has 0 saturated carbocycles. The maximum atomic E-state index is 12.4. The van der Waals surface area contributed by atoms with Crippen LogP contribution in [-0.4, -0.2) is 35.2 Å². The molecule has 0 saturated heterocycles. The van der Waals surface area contributed by atoms with Crippen molar-refractivity contribution in [3.05, 3.63) is 53.1 Å². The molecule has 134 valence electrons. The van der Waals surface area contributed by atoms with Crippen LogP contribution in [0.3, 0.4) is 0 Å². The largest absolute Gasteiger partial charge is 0.495 e. The highest BCUT2D eigenvalue weighted by Gasteiger charge is 2.19. The lowest BCUT2D eigenvalue weighted by molar-refractivity contribution is 0.414. The summed E-state index contributed by atoms with van der Waals surface area (Å²) >= 11 is 6.01. The van der Waals surface area contributed by atoms with Gasteiger partial charge in [-0.15, -0.1) is 0 Å². The lowest BCUT2D eigenvalue weighted by Crippen LogP contribution is -2.29. The Kier molecular flexibility index (Phi) is 5.51. The zero-order valence-corrected chi connectivity index (χ0v) is 15.6. The number of hydrogen-bond donors (Lipinski definition) is 1. The molecule has 5 nitrogen and oxygen atoms in total. The molecule has 0 bridgehead atoms. The maximum absolute atomic E-state index is 12.4. The monoisotopic (exact) mass is 380 g/mol. The highest BCUT2D eigenvalue weighted by Crippen LogP contribution is 2.28. The molecule has 0 aliphatic carbocycles. The number of para-hydroxylation sites is 1. The van der Waals surface area contributed by atoms with E-state index in [0.717, 1.165) is 25.9 Å². The Morgan fingerprint density at radius 1 is 1.24 bits per heavy atom. The van der Waals surface area contributed by atoms with E-state index in [4.69, 9.17) is 16.3 Å². The normalized spacial score (nSPS) is 13.8. The van der Waals surface area contributed by atoms with Gasteiger partial charge in [0, 0.05) is 25.3 Å². The SMILES string of the molecule is COc1ccc(S(=O)(=O)NCCCN2CCc3ccccc32)cc1Cl. The predicted molar refractivity (Wildman–Crippen MR) is 100 cm³/mol. The first-order valence-corrected chi connectivity index (χ1v) is 10.0. The Morgan fingerprint density at radius 2 is 2.04 bits per heavy atom. The molecule has 3 rings (SSSR count). The molecule has 0 unspecified atom stereocenters. The van der Waals surface area contributed by atoms with Crippen molar-refractivity contribution in [2.75, 3.05) is 31.6 Å². The number of anilines is 1. The van der Waals surface area contributed by atoms with Crippen molar-refractivity contribution in [2.45, 2.75) is 17.7 Å².